The molecule has 0 atom stereocenters. The van der Waals surface area contributed by atoms with Gasteiger partial charge in [0.05, 0.1) is 4.92 Å². The molecule has 0 aliphatic rings. The Hall–Kier alpha value is -3.41. The van der Waals surface area contributed by atoms with Crippen molar-refractivity contribution in [1.82, 2.24) is 0 Å². The molecular formula is C17H13N3O3. The fourth-order valence-electron chi connectivity index (χ4n) is 2.26. The quantitative estimate of drug-likeness (QED) is 0.556. The first-order valence-electron chi connectivity index (χ1n) is 6.93. The average molecular weight is 307 g/mol. The lowest BCUT2D eigenvalue weighted by Crippen LogP contribution is -2.19. The van der Waals surface area contributed by atoms with Crippen LogP contribution in [-0.2, 0) is 0 Å². The highest BCUT2D eigenvalue weighted by atomic mass is 16.6. The standard InChI is InChI=1S/C17H13N3O3/c21-17(18-14-6-3-7-16(11-14)20(22)23)19-15-9-8-12-4-1-2-5-13(12)10-15/h1-11H,(H2,18,19,21). The van der Waals surface area contributed by atoms with Crippen LogP contribution in [0.3, 0.4) is 0 Å². The minimum absolute atomic E-state index is 0.0755. The van der Waals surface area contributed by atoms with E-state index in [1.54, 1.807) is 12.1 Å². The van der Waals surface area contributed by atoms with Crippen LogP contribution in [0.2, 0.25) is 0 Å². The van der Waals surface area contributed by atoms with E-state index >= 15 is 0 Å². The number of benzene rings is 3. The molecule has 3 aromatic rings. The minimum Gasteiger partial charge on any atom is -0.308 e. The first kappa shape index (κ1) is 14.5. The Balaban J connectivity index is 1.73. The number of amides is 2. The van der Waals surface area contributed by atoms with Crippen molar-refractivity contribution in [3.63, 3.8) is 0 Å². The zero-order chi connectivity index (χ0) is 16.2. The van der Waals surface area contributed by atoms with Crippen molar-refractivity contribution < 1.29 is 9.72 Å². The highest BCUT2D eigenvalue weighted by molar-refractivity contribution is 6.01. The lowest BCUT2D eigenvalue weighted by molar-refractivity contribution is -0.384. The van der Waals surface area contributed by atoms with Gasteiger partial charge in [-0.05, 0) is 29.0 Å². The van der Waals surface area contributed by atoms with E-state index in [1.807, 2.05) is 36.4 Å². The fourth-order valence-corrected chi connectivity index (χ4v) is 2.26. The third-order valence-corrected chi connectivity index (χ3v) is 3.32. The van der Waals surface area contributed by atoms with E-state index in [0.717, 1.165) is 10.8 Å². The second-order valence-corrected chi connectivity index (χ2v) is 4.95. The predicted molar refractivity (Wildman–Crippen MR) is 89.7 cm³/mol. The van der Waals surface area contributed by atoms with Gasteiger partial charge in [-0.3, -0.25) is 10.1 Å². The molecule has 2 amide bonds. The first-order chi connectivity index (χ1) is 11.1. The number of fused-ring (bicyclic) bond motifs is 1. The summed E-state index contributed by atoms with van der Waals surface area (Å²) in [6, 6.07) is 18.7. The summed E-state index contributed by atoms with van der Waals surface area (Å²) in [5.41, 5.74) is 0.928. The van der Waals surface area contributed by atoms with Crippen LogP contribution in [0.25, 0.3) is 10.8 Å². The number of hydrogen-bond donors (Lipinski definition) is 2. The Bertz CT molecular complexity index is 893. The number of carbonyl (C=O) groups excluding carboxylic acids is 1. The van der Waals surface area contributed by atoms with E-state index in [9.17, 15) is 14.9 Å². The van der Waals surface area contributed by atoms with Crippen LogP contribution >= 0.6 is 0 Å². The molecule has 2 N–H and O–H groups in total. The third kappa shape index (κ3) is 3.44. The van der Waals surface area contributed by atoms with Gasteiger partial charge >= 0.3 is 6.03 Å². The Morgan fingerprint density at radius 2 is 1.52 bits per heavy atom. The Kier molecular flexibility index (Phi) is 3.88. The predicted octanol–water partition coefficient (Wildman–Crippen LogP) is 4.39. The molecule has 0 spiro atoms. The molecule has 0 aliphatic carbocycles. The molecule has 0 saturated heterocycles. The van der Waals surface area contributed by atoms with Crippen molar-refractivity contribution in [2.24, 2.45) is 0 Å². The number of rotatable bonds is 3. The van der Waals surface area contributed by atoms with Gasteiger partial charge in [-0.25, -0.2) is 4.79 Å². The molecule has 0 radical (unpaired) electrons. The molecule has 0 fully saturated rings. The summed E-state index contributed by atoms with van der Waals surface area (Å²) in [5.74, 6) is 0. The monoisotopic (exact) mass is 307 g/mol. The van der Waals surface area contributed by atoms with Crippen molar-refractivity contribution in [1.29, 1.82) is 0 Å². The first-order valence-corrected chi connectivity index (χ1v) is 6.93. The number of nitro benzene ring substituents is 1. The highest BCUT2D eigenvalue weighted by Crippen LogP contribution is 2.20. The summed E-state index contributed by atoms with van der Waals surface area (Å²) in [4.78, 5) is 22.2. The van der Waals surface area contributed by atoms with Crippen LogP contribution in [0, 0.1) is 10.1 Å². The molecule has 0 bridgehead atoms. The summed E-state index contributed by atoms with van der Waals surface area (Å²) in [7, 11) is 0. The number of nitrogens with one attached hydrogen (secondary N) is 2. The summed E-state index contributed by atoms with van der Waals surface area (Å²) in [5, 5.41) is 18.1. The molecule has 0 unspecified atom stereocenters. The van der Waals surface area contributed by atoms with Gasteiger partial charge in [0.2, 0.25) is 0 Å². The third-order valence-electron chi connectivity index (χ3n) is 3.32. The van der Waals surface area contributed by atoms with Crippen LogP contribution in [-0.4, -0.2) is 11.0 Å². The SMILES string of the molecule is O=C(Nc1cccc([N+](=O)[O-])c1)Nc1ccc2ccccc2c1. The molecule has 3 aromatic carbocycles. The van der Waals surface area contributed by atoms with E-state index in [0.29, 0.717) is 11.4 Å². The van der Waals surface area contributed by atoms with E-state index in [2.05, 4.69) is 10.6 Å². The molecule has 0 aromatic heterocycles. The molecule has 23 heavy (non-hydrogen) atoms. The lowest BCUT2D eigenvalue weighted by atomic mass is 10.1. The highest BCUT2D eigenvalue weighted by Gasteiger charge is 2.08. The van der Waals surface area contributed by atoms with Gasteiger partial charge in [0, 0.05) is 23.5 Å². The van der Waals surface area contributed by atoms with Crippen LogP contribution in [0.4, 0.5) is 21.9 Å². The second kappa shape index (κ2) is 6.15. The number of nitro groups is 1. The maximum absolute atomic E-state index is 12.0. The van der Waals surface area contributed by atoms with Crippen LogP contribution in [0.15, 0.2) is 66.7 Å². The second-order valence-electron chi connectivity index (χ2n) is 4.95. The molecular weight excluding hydrogens is 294 g/mol. The van der Waals surface area contributed by atoms with E-state index in [1.165, 1.54) is 18.2 Å². The van der Waals surface area contributed by atoms with Crippen molar-refractivity contribution in [2.45, 2.75) is 0 Å². The molecule has 0 heterocycles. The number of carbonyl (C=O) groups is 1. The van der Waals surface area contributed by atoms with E-state index < -0.39 is 11.0 Å². The number of urea groups is 1. The molecule has 6 heteroatoms. The van der Waals surface area contributed by atoms with Crippen LogP contribution in [0.1, 0.15) is 0 Å². The topological polar surface area (TPSA) is 84.3 Å². The molecule has 0 saturated carbocycles. The zero-order valence-corrected chi connectivity index (χ0v) is 12.0. The van der Waals surface area contributed by atoms with Gasteiger partial charge in [-0.15, -0.1) is 0 Å². The number of hydrogen-bond acceptors (Lipinski definition) is 3. The van der Waals surface area contributed by atoms with Gasteiger partial charge in [0.1, 0.15) is 0 Å². The van der Waals surface area contributed by atoms with Gasteiger partial charge in [0.25, 0.3) is 5.69 Å². The van der Waals surface area contributed by atoms with Gasteiger partial charge in [0.15, 0.2) is 0 Å². The fraction of sp³-hybridized carbons (Fsp3) is 0. The summed E-state index contributed by atoms with van der Waals surface area (Å²) >= 11 is 0. The maximum atomic E-state index is 12.0. The number of nitrogens with zero attached hydrogens (tertiary/aromatic N) is 1. The van der Waals surface area contributed by atoms with E-state index in [-0.39, 0.29) is 5.69 Å². The Morgan fingerprint density at radius 1 is 0.826 bits per heavy atom. The van der Waals surface area contributed by atoms with Crippen LogP contribution in [0.5, 0.6) is 0 Å². The van der Waals surface area contributed by atoms with Gasteiger partial charge in [-0.1, -0.05) is 36.4 Å². The molecule has 3 rings (SSSR count). The van der Waals surface area contributed by atoms with Crippen LogP contribution < -0.4 is 10.6 Å². The van der Waals surface area contributed by atoms with Gasteiger partial charge < -0.3 is 10.6 Å². The maximum Gasteiger partial charge on any atom is 0.323 e. The van der Waals surface area contributed by atoms with Crippen molar-refractivity contribution in [3.8, 4) is 0 Å². The number of non-ortho nitro benzene ring substituents is 1. The molecule has 0 aliphatic heterocycles. The Morgan fingerprint density at radius 3 is 2.26 bits per heavy atom. The smallest absolute Gasteiger partial charge is 0.308 e. The lowest BCUT2D eigenvalue weighted by Gasteiger charge is -2.08. The van der Waals surface area contributed by atoms with Crippen molar-refractivity contribution in [3.05, 3.63) is 76.8 Å². The summed E-state index contributed by atoms with van der Waals surface area (Å²) < 4.78 is 0. The molecule has 6 nitrogen and oxygen atoms in total. The molecule has 114 valence electrons. The van der Waals surface area contributed by atoms with Gasteiger partial charge in [-0.2, -0.15) is 0 Å². The Labute approximate surface area is 131 Å². The van der Waals surface area contributed by atoms with Crippen molar-refractivity contribution >= 4 is 33.9 Å². The minimum atomic E-state index is -0.508. The largest absolute Gasteiger partial charge is 0.323 e. The zero-order valence-electron chi connectivity index (χ0n) is 12.0. The van der Waals surface area contributed by atoms with E-state index in [4.69, 9.17) is 0 Å². The normalized spacial score (nSPS) is 10.3. The average Bonchev–Trinajstić information content (AvgIpc) is 2.55. The summed E-state index contributed by atoms with van der Waals surface area (Å²) in [6.45, 7) is 0. The number of anilines is 2. The van der Waals surface area contributed by atoms with Crippen molar-refractivity contribution in [2.75, 3.05) is 10.6 Å². The summed E-state index contributed by atoms with van der Waals surface area (Å²) in [6.07, 6.45) is 0.